The molecule has 0 aliphatic heterocycles. The van der Waals surface area contributed by atoms with Crippen LogP contribution < -0.4 is 5.32 Å². The first kappa shape index (κ1) is 13.7. The Balaban J connectivity index is 2.24. The monoisotopic (exact) mass is 258 g/mol. The highest BCUT2D eigenvalue weighted by Crippen LogP contribution is 2.23. The average Bonchev–Trinajstić information content (AvgIpc) is 2.42. The van der Waals surface area contributed by atoms with E-state index in [4.69, 9.17) is 0 Å². The van der Waals surface area contributed by atoms with E-state index < -0.39 is 0 Å². The highest BCUT2D eigenvalue weighted by atomic mass is 19.1. The Labute approximate surface area is 113 Å². The second kappa shape index (κ2) is 6.43. The van der Waals surface area contributed by atoms with Gasteiger partial charge in [0.2, 0.25) is 0 Å². The Bertz CT molecular complexity index is 552. The Morgan fingerprint density at radius 2 is 2.05 bits per heavy atom. The normalized spacial score (nSPS) is 10.7. The fourth-order valence-corrected chi connectivity index (χ4v) is 2.00. The van der Waals surface area contributed by atoms with Gasteiger partial charge in [-0.3, -0.25) is 4.98 Å². The number of aryl methyl sites for hydroxylation is 1. The summed E-state index contributed by atoms with van der Waals surface area (Å²) < 4.78 is 13.9. The first-order valence-corrected chi connectivity index (χ1v) is 6.62. The fraction of sp³-hybridized carbons (Fsp3) is 0.312. The van der Waals surface area contributed by atoms with Crippen molar-refractivity contribution >= 4 is 0 Å². The third-order valence-electron chi connectivity index (χ3n) is 2.98. The van der Waals surface area contributed by atoms with Crippen molar-refractivity contribution in [2.24, 2.45) is 0 Å². The lowest BCUT2D eigenvalue weighted by Gasteiger charge is -2.07. The lowest BCUT2D eigenvalue weighted by molar-refractivity contribution is 0.630. The molecule has 0 bridgehead atoms. The molecule has 0 saturated heterocycles. The molecule has 0 spiro atoms. The van der Waals surface area contributed by atoms with E-state index in [0.717, 1.165) is 36.2 Å². The molecule has 0 aliphatic carbocycles. The molecule has 2 nitrogen and oxygen atoms in total. The number of nitrogens with zero attached hydrogens (tertiary/aromatic N) is 1. The van der Waals surface area contributed by atoms with Crippen LogP contribution in [-0.4, -0.2) is 11.5 Å². The van der Waals surface area contributed by atoms with E-state index in [1.165, 1.54) is 6.07 Å². The number of benzene rings is 1. The molecule has 0 atom stereocenters. The predicted octanol–water partition coefficient (Wildman–Crippen LogP) is 3.70. The van der Waals surface area contributed by atoms with Crippen LogP contribution in [0.2, 0.25) is 0 Å². The molecule has 0 radical (unpaired) electrons. The topological polar surface area (TPSA) is 24.9 Å². The lowest BCUT2D eigenvalue weighted by atomic mass is 10.0. The van der Waals surface area contributed by atoms with Crippen LogP contribution >= 0.6 is 0 Å². The largest absolute Gasteiger partial charge is 0.313 e. The zero-order valence-electron chi connectivity index (χ0n) is 11.4. The number of pyridine rings is 1. The zero-order chi connectivity index (χ0) is 13.7. The summed E-state index contributed by atoms with van der Waals surface area (Å²) in [4.78, 5) is 4.20. The number of aromatic nitrogens is 1. The van der Waals surface area contributed by atoms with Crippen LogP contribution in [-0.2, 0) is 6.54 Å². The van der Waals surface area contributed by atoms with Gasteiger partial charge < -0.3 is 5.32 Å². The molecule has 0 aliphatic rings. The summed E-state index contributed by atoms with van der Waals surface area (Å²) in [5.74, 6) is -0.203. The number of hydrogen-bond acceptors (Lipinski definition) is 2. The molecule has 0 saturated carbocycles. The maximum absolute atomic E-state index is 13.9. The molecule has 0 fully saturated rings. The van der Waals surface area contributed by atoms with Crippen LogP contribution in [0.3, 0.4) is 0 Å². The fourth-order valence-electron chi connectivity index (χ4n) is 2.00. The smallest absolute Gasteiger partial charge is 0.131 e. The van der Waals surface area contributed by atoms with E-state index >= 15 is 0 Å². The van der Waals surface area contributed by atoms with E-state index in [2.05, 4.69) is 17.2 Å². The molecule has 100 valence electrons. The molecular formula is C16H19FN2. The summed E-state index contributed by atoms with van der Waals surface area (Å²) >= 11 is 0. The molecule has 1 heterocycles. The SMILES string of the molecule is CCCNCc1cncc(-c2cc(C)ccc2F)c1. The van der Waals surface area contributed by atoms with Gasteiger partial charge in [-0.05, 0) is 43.7 Å². The van der Waals surface area contributed by atoms with Crippen molar-refractivity contribution < 1.29 is 4.39 Å². The highest BCUT2D eigenvalue weighted by molar-refractivity contribution is 5.64. The third-order valence-corrected chi connectivity index (χ3v) is 2.98. The van der Waals surface area contributed by atoms with Crippen molar-refractivity contribution in [3.8, 4) is 11.1 Å². The summed E-state index contributed by atoms with van der Waals surface area (Å²) in [5.41, 5.74) is 3.57. The first-order valence-electron chi connectivity index (χ1n) is 6.62. The number of rotatable bonds is 5. The van der Waals surface area contributed by atoms with Gasteiger partial charge in [0.05, 0.1) is 0 Å². The minimum absolute atomic E-state index is 0.203. The van der Waals surface area contributed by atoms with Gasteiger partial charge in [-0.15, -0.1) is 0 Å². The van der Waals surface area contributed by atoms with Gasteiger partial charge in [0.15, 0.2) is 0 Å². The molecule has 3 heteroatoms. The van der Waals surface area contributed by atoms with Gasteiger partial charge in [-0.25, -0.2) is 4.39 Å². The summed E-state index contributed by atoms with van der Waals surface area (Å²) in [6.45, 7) is 5.83. The van der Waals surface area contributed by atoms with Crippen LogP contribution in [0, 0.1) is 12.7 Å². The Morgan fingerprint density at radius 1 is 1.21 bits per heavy atom. The van der Waals surface area contributed by atoms with E-state index in [0.29, 0.717) is 5.56 Å². The summed E-state index contributed by atoms with van der Waals surface area (Å²) in [5, 5.41) is 3.32. The van der Waals surface area contributed by atoms with Gasteiger partial charge in [0.1, 0.15) is 5.82 Å². The molecule has 2 rings (SSSR count). The molecule has 1 aromatic carbocycles. The molecule has 0 amide bonds. The van der Waals surface area contributed by atoms with Crippen molar-refractivity contribution in [1.29, 1.82) is 0 Å². The summed E-state index contributed by atoms with van der Waals surface area (Å²) in [6.07, 6.45) is 4.63. The Hall–Kier alpha value is -1.74. The number of halogens is 1. The molecule has 19 heavy (non-hydrogen) atoms. The average molecular weight is 258 g/mol. The number of nitrogens with one attached hydrogen (secondary N) is 1. The Morgan fingerprint density at radius 3 is 2.84 bits per heavy atom. The third kappa shape index (κ3) is 3.61. The van der Waals surface area contributed by atoms with Crippen LogP contribution in [0.1, 0.15) is 24.5 Å². The molecule has 1 aromatic heterocycles. The van der Waals surface area contributed by atoms with Crippen LogP contribution in [0.15, 0.2) is 36.7 Å². The van der Waals surface area contributed by atoms with Crippen molar-refractivity contribution in [1.82, 2.24) is 10.3 Å². The maximum Gasteiger partial charge on any atom is 0.131 e. The summed E-state index contributed by atoms with van der Waals surface area (Å²) in [6, 6.07) is 7.13. The zero-order valence-corrected chi connectivity index (χ0v) is 11.4. The van der Waals surface area contributed by atoms with Crippen LogP contribution in [0.5, 0.6) is 0 Å². The number of hydrogen-bond donors (Lipinski definition) is 1. The van der Waals surface area contributed by atoms with Crippen LogP contribution in [0.4, 0.5) is 4.39 Å². The van der Waals surface area contributed by atoms with Gasteiger partial charge in [0.25, 0.3) is 0 Å². The van der Waals surface area contributed by atoms with Gasteiger partial charge in [0, 0.05) is 30.1 Å². The van der Waals surface area contributed by atoms with Gasteiger partial charge >= 0.3 is 0 Å². The molecule has 2 aromatic rings. The van der Waals surface area contributed by atoms with E-state index in [1.54, 1.807) is 12.3 Å². The standard InChI is InChI=1S/C16H19FN2/c1-3-6-18-9-13-8-14(11-19-10-13)15-7-12(2)4-5-16(15)17/h4-5,7-8,10-11,18H,3,6,9H2,1-2H3. The van der Waals surface area contributed by atoms with Crippen LogP contribution in [0.25, 0.3) is 11.1 Å². The van der Waals surface area contributed by atoms with E-state index in [1.807, 2.05) is 25.3 Å². The minimum Gasteiger partial charge on any atom is -0.313 e. The van der Waals surface area contributed by atoms with Gasteiger partial charge in [-0.1, -0.05) is 18.6 Å². The molecule has 0 unspecified atom stereocenters. The second-order valence-electron chi connectivity index (χ2n) is 4.74. The van der Waals surface area contributed by atoms with E-state index in [-0.39, 0.29) is 5.82 Å². The highest BCUT2D eigenvalue weighted by Gasteiger charge is 2.06. The van der Waals surface area contributed by atoms with Crippen molar-refractivity contribution in [2.45, 2.75) is 26.8 Å². The van der Waals surface area contributed by atoms with Crippen molar-refractivity contribution in [3.63, 3.8) is 0 Å². The predicted molar refractivity (Wildman–Crippen MR) is 76.4 cm³/mol. The molecular weight excluding hydrogens is 239 g/mol. The second-order valence-corrected chi connectivity index (χ2v) is 4.74. The Kier molecular flexibility index (Phi) is 4.63. The maximum atomic E-state index is 13.9. The lowest BCUT2D eigenvalue weighted by Crippen LogP contribution is -2.13. The minimum atomic E-state index is -0.203. The quantitative estimate of drug-likeness (QED) is 0.827. The van der Waals surface area contributed by atoms with Crippen molar-refractivity contribution in [2.75, 3.05) is 6.54 Å². The van der Waals surface area contributed by atoms with Crippen molar-refractivity contribution in [3.05, 3.63) is 53.6 Å². The van der Waals surface area contributed by atoms with Gasteiger partial charge in [-0.2, -0.15) is 0 Å². The molecule has 1 N–H and O–H groups in total. The first-order chi connectivity index (χ1) is 9.20. The summed E-state index contributed by atoms with van der Waals surface area (Å²) in [7, 11) is 0. The van der Waals surface area contributed by atoms with E-state index in [9.17, 15) is 4.39 Å².